The molecule has 0 spiro atoms. The lowest BCUT2D eigenvalue weighted by molar-refractivity contribution is -0.140. The Morgan fingerprint density at radius 2 is 1.82 bits per heavy atom. The number of nitrogens with one attached hydrogen (secondary N) is 1. The topological polar surface area (TPSA) is 126 Å². The molecule has 0 aliphatic carbocycles. The standard InChI is InChI=1S/C20H23N5O3/c1-28-18(26)8-9-24-10-11-25(20(24)27)17-7-6-15(12-16(17)21)13-2-4-14(5-3-13)19(22)23/h2-7,12H,8-11,21H2,1H3,(H3,22,23). The summed E-state index contributed by atoms with van der Waals surface area (Å²) in [6.45, 7) is 1.36. The van der Waals surface area contributed by atoms with Crippen molar-refractivity contribution in [3.05, 3.63) is 48.0 Å². The molecule has 1 saturated heterocycles. The molecule has 28 heavy (non-hydrogen) atoms. The molecule has 1 heterocycles. The van der Waals surface area contributed by atoms with Crippen LogP contribution in [0.4, 0.5) is 16.2 Å². The monoisotopic (exact) mass is 381 g/mol. The Labute approximate surface area is 163 Å². The lowest BCUT2D eigenvalue weighted by atomic mass is 10.0. The SMILES string of the molecule is COC(=O)CCN1CCN(c2ccc(-c3ccc(C(=N)N)cc3)cc2N)C1=O. The van der Waals surface area contributed by atoms with Gasteiger partial charge in [-0.1, -0.05) is 30.3 Å². The fourth-order valence-corrected chi connectivity index (χ4v) is 3.16. The van der Waals surface area contributed by atoms with Crippen molar-refractivity contribution in [2.45, 2.75) is 6.42 Å². The maximum atomic E-state index is 12.6. The third-order valence-electron chi connectivity index (χ3n) is 4.76. The van der Waals surface area contributed by atoms with Gasteiger partial charge in [0.2, 0.25) is 0 Å². The number of amides is 2. The van der Waals surface area contributed by atoms with E-state index < -0.39 is 0 Å². The maximum Gasteiger partial charge on any atom is 0.324 e. The van der Waals surface area contributed by atoms with Gasteiger partial charge in [0.1, 0.15) is 5.84 Å². The molecule has 2 aromatic carbocycles. The number of hydrogen-bond acceptors (Lipinski definition) is 5. The molecule has 2 aromatic rings. The first kappa shape index (κ1) is 19.2. The van der Waals surface area contributed by atoms with Crippen LogP contribution in [0, 0.1) is 5.41 Å². The van der Waals surface area contributed by atoms with Gasteiger partial charge in [0, 0.05) is 25.2 Å². The summed E-state index contributed by atoms with van der Waals surface area (Å²) in [4.78, 5) is 27.2. The quantitative estimate of drug-likeness (QED) is 0.305. The predicted molar refractivity (Wildman–Crippen MR) is 108 cm³/mol. The Kier molecular flexibility index (Phi) is 5.49. The number of urea groups is 1. The van der Waals surface area contributed by atoms with E-state index in [-0.39, 0.29) is 24.3 Å². The lowest BCUT2D eigenvalue weighted by Gasteiger charge is -2.20. The van der Waals surface area contributed by atoms with E-state index in [0.29, 0.717) is 36.6 Å². The zero-order valence-corrected chi connectivity index (χ0v) is 15.6. The van der Waals surface area contributed by atoms with Crippen molar-refractivity contribution in [1.82, 2.24) is 4.90 Å². The van der Waals surface area contributed by atoms with Crippen molar-refractivity contribution in [1.29, 1.82) is 5.41 Å². The highest BCUT2D eigenvalue weighted by atomic mass is 16.5. The molecule has 0 saturated carbocycles. The lowest BCUT2D eigenvalue weighted by Crippen LogP contribution is -2.33. The predicted octanol–water partition coefficient (Wildman–Crippen LogP) is 2.02. The van der Waals surface area contributed by atoms with Gasteiger partial charge in [-0.3, -0.25) is 15.1 Å². The van der Waals surface area contributed by atoms with Crippen LogP contribution in [0.2, 0.25) is 0 Å². The minimum absolute atomic E-state index is 0.0192. The molecule has 0 bridgehead atoms. The van der Waals surface area contributed by atoms with Gasteiger partial charge < -0.3 is 21.1 Å². The van der Waals surface area contributed by atoms with E-state index >= 15 is 0 Å². The van der Waals surface area contributed by atoms with Crippen LogP contribution in [0.25, 0.3) is 11.1 Å². The van der Waals surface area contributed by atoms with Gasteiger partial charge in [0.05, 0.1) is 24.9 Å². The van der Waals surface area contributed by atoms with Crippen molar-refractivity contribution < 1.29 is 14.3 Å². The summed E-state index contributed by atoms with van der Waals surface area (Å²) in [7, 11) is 1.33. The first-order chi connectivity index (χ1) is 13.4. The molecule has 1 aliphatic heterocycles. The molecule has 1 fully saturated rings. The summed E-state index contributed by atoms with van der Waals surface area (Å²) in [6.07, 6.45) is 0.167. The Balaban J connectivity index is 1.75. The second kappa shape index (κ2) is 7.99. The third-order valence-corrected chi connectivity index (χ3v) is 4.76. The van der Waals surface area contributed by atoms with E-state index in [1.807, 2.05) is 30.3 Å². The highest BCUT2D eigenvalue weighted by Gasteiger charge is 2.30. The van der Waals surface area contributed by atoms with Crippen LogP contribution in [-0.2, 0) is 9.53 Å². The summed E-state index contributed by atoms with van der Waals surface area (Å²) in [5, 5.41) is 7.46. The summed E-state index contributed by atoms with van der Waals surface area (Å²) in [6, 6.07) is 12.7. The molecule has 0 unspecified atom stereocenters. The number of benzene rings is 2. The highest BCUT2D eigenvalue weighted by Crippen LogP contribution is 2.31. The average Bonchev–Trinajstić information content (AvgIpc) is 3.06. The number of hydrogen-bond donors (Lipinski definition) is 3. The van der Waals surface area contributed by atoms with Gasteiger partial charge in [-0.25, -0.2) is 4.79 Å². The minimum atomic E-state index is -0.342. The molecule has 1 aliphatic rings. The van der Waals surface area contributed by atoms with Crippen LogP contribution in [0.1, 0.15) is 12.0 Å². The largest absolute Gasteiger partial charge is 0.469 e. The number of ether oxygens (including phenoxy) is 1. The summed E-state index contributed by atoms with van der Waals surface area (Å²) in [5.41, 5.74) is 15.4. The van der Waals surface area contributed by atoms with Crippen LogP contribution in [0.3, 0.4) is 0 Å². The van der Waals surface area contributed by atoms with E-state index in [9.17, 15) is 9.59 Å². The number of methoxy groups -OCH3 is 1. The highest BCUT2D eigenvalue weighted by molar-refractivity contribution is 5.98. The van der Waals surface area contributed by atoms with Crippen molar-refractivity contribution in [3.63, 3.8) is 0 Å². The minimum Gasteiger partial charge on any atom is -0.469 e. The first-order valence-corrected chi connectivity index (χ1v) is 8.88. The summed E-state index contributed by atoms with van der Waals surface area (Å²) < 4.78 is 4.62. The number of anilines is 2. The molecule has 5 N–H and O–H groups in total. The van der Waals surface area contributed by atoms with Crippen LogP contribution >= 0.6 is 0 Å². The van der Waals surface area contributed by atoms with Gasteiger partial charge in [0.15, 0.2) is 0 Å². The van der Waals surface area contributed by atoms with E-state index in [2.05, 4.69) is 4.74 Å². The van der Waals surface area contributed by atoms with Gasteiger partial charge >= 0.3 is 12.0 Å². The number of carbonyl (C=O) groups is 2. The van der Waals surface area contributed by atoms with Crippen molar-refractivity contribution in [2.75, 3.05) is 37.4 Å². The van der Waals surface area contributed by atoms with Crippen molar-refractivity contribution >= 4 is 29.2 Å². The van der Waals surface area contributed by atoms with E-state index in [0.717, 1.165) is 11.1 Å². The van der Waals surface area contributed by atoms with Crippen LogP contribution in [0.15, 0.2) is 42.5 Å². The number of carbonyl (C=O) groups excluding carboxylic acids is 2. The van der Waals surface area contributed by atoms with E-state index in [4.69, 9.17) is 16.9 Å². The van der Waals surface area contributed by atoms with Gasteiger partial charge in [-0.15, -0.1) is 0 Å². The second-order valence-corrected chi connectivity index (χ2v) is 6.51. The Morgan fingerprint density at radius 1 is 1.14 bits per heavy atom. The number of nitrogens with two attached hydrogens (primary N) is 2. The zero-order valence-electron chi connectivity index (χ0n) is 15.6. The number of nitrogens with zero attached hydrogens (tertiary/aromatic N) is 2. The number of nitrogen functional groups attached to an aromatic ring is 2. The fourth-order valence-electron chi connectivity index (χ4n) is 3.16. The summed E-state index contributed by atoms with van der Waals surface area (Å²) >= 11 is 0. The smallest absolute Gasteiger partial charge is 0.324 e. The molecule has 0 radical (unpaired) electrons. The van der Waals surface area contributed by atoms with E-state index in [1.165, 1.54) is 7.11 Å². The molecule has 2 amide bonds. The van der Waals surface area contributed by atoms with Gasteiger partial charge in [0.25, 0.3) is 0 Å². The maximum absolute atomic E-state index is 12.6. The van der Waals surface area contributed by atoms with Gasteiger partial charge in [-0.05, 0) is 23.3 Å². The van der Waals surface area contributed by atoms with Crippen LogP contribution < -0.4 is 16.4 Å². The molecule has 0 aromatic heterocycles. The van der Waals surface area contributed by atoms with Crippen molar-refractivity contribution in [3.8, 4) is 11.1 Å². The Morgan fingerprint density at radius 3 is 2.43 bits per heavy atom. The normalized spacial score (nSPS) is 13.7. The molecular weight excluding hydrogens is 358 g/mol. The Hall–Kier alpha value is -3.55. The van der Waals surface area contributed by atoms with Crippen molar-refractivity contribution in [2.24, 2.45) is 5.73 Å². The number of esters is 1. The third kappa shape index (κ3) is 3.90. The number of rotatable bonds is 6. The second-order valence-electron chi connectivity index (χ2n) is 6.51. The fraction of sp³-hybridized carbons (Fsp3) is 0.250. The Bertz CT molecular complexity index is 911. The summed E-state index contributed by atoms with van der Waals surface area (Å²) in [5.74, 6) is -0.323. The molecule has 0 atom stereocenters. The molecule has 8 nitrogen and oxygen atoms in total. The molecule has 3 rings (SSSR count). The zero-order chi connectivity index (χ0) is 20.3. The molecule has 146 valence electrons. The van der Waals surface area contributed by atoms with Crippen LogP contribution in [0.5, 0.6) is 0 Å². The van der Waals surface area contributed by atoms with E-state index in [1.54, 1.807) is 21.9 Å². The number of amidine groups is 1. The van der Waals surface area contributed by atoms with Crippen LogP contribution in [-0.4, -0.2) is 49.5 Å². The average molecular weight is 381 g/mol. The first-order valence-electron chi connectivity index (χ1n) is 8.88. The molecular formula is C20H23N5O3. The van der Waals surface area contributed by atoms with Gasteiger partial charge in [-0.2, -0.15) is 0 Å². The molecule has 8 heteroatoms.